The molecule has 8 nitrogen and oxygen atoms in total. The second kappa shape index (κ2) is 8.35. The highest BCUT2D eigenvalue weighted by molar-refractivity contribution is 5.94. The number of aryl methyl sites for hydroxylation is 1. The second-order valence-electron chi connectivity index (χ2n) is 8.66. The number of methoxy groups -OCH3 is 1. The molecular weight excluding hydrogens is 418 g/mol. The maximum Gasteiger partial charge on any atom is 0.337 e. The van der Waals surface area contributed by atoms with Crippen LogP contribution in [0.15, 0.2) is 47.2 Å². The fraction of sp³-hybridized carbons (Fsp3) is 0.360. The van der Waals surface area contributed by atoms with Crippen LogP contribution in [0, 0.1) is 6.92 Å². The van der Waals surface area contributed by atoms with Gasteiger partial charge in [-0.05, 0) is 57.0 Å². The Balaban J connectivity index is 1.58. The number of rotatable bonds is 5. The van der Waals surface area contributed by atoms with E-state index in [1.807, 2.05) is 19.2 Å². The molecule has 170 valence electrons. The van der Waals surface area contributed by atoms with E-state index in [-0.39, 0.29) is 5.97 Å². The van der Waals surface area contributed by atoms with Crippen LogP contribution < -0.4 is 4.90 Å². The van der Waals surface area contributed by atoms with Gasteiger partial charge in [0, 0.05) is 30.8 Å². The third-order valence-corrected chi connectivity index (χ3v) is 6.38. The van der Waals surface area contributed by atoms with Crippen molar-refractivity contribution in [1.29, 1.82) is 0 Å². The van der Waals surface area contributed by atoms with Crippen molar-refractivity contribution in [2.45, 2.75) is 52.2 Å². The van der Waals surface area contributed by atoms with Gasteiger partial charge in [0.1, 0.15) is 17.9 Å². The average molecular weight is 446 g/mol. The fourth-order valence-corrected chi connectivity index (χ4v) is 4.72. The molecule has 0 spiro atoms. The number of oxazole rings is 1. The minimum absolute atomic E-state index is 0.389. The number of ether oxygens (including phenoxy) is 1. The van der Waals surface area contributed by atoms with Crippen molar-refractivity contribution in [2.24, 2.45) is 0 Å². The zero-order valence-electron chi connectivity index (χ0n) is 19.3. The van der Waals surface area contributed by atoms with Crippen molar-refractivity contribution < 1.29 is 13.9 Å². The highest BCUT2D eigenvalue weighted by atomic mass is 16.5. The summed E-state index contributed by atoms with van der Waals surface area (Å²) in [4.78, 5) is 28.5. The van der Waals surface area contributed by atoms with Crippen LogP contribution in [0.2, 0.25) is 0 Å². The van der Waals surface area contributed by atoms with E-state index in [9.17, 15) is 4.79 Å². The average Bonchev–Trinajstić information content (AvgIpc) is 3.50. The Hall–Kier alpha value is -3.68. The van der Waals surface area contributed by atoms with Gasteiger partial charge in [-0.1, -0.05) is 0 Å². The monoisotopic (exact) mass is 445 g/mol. The Morgan fingerprint density at radius 2 is 1.94 bits per heavy atom. The lowest BCUT2D eigenvalue weighted by molar-refractivity contribution is 0.0601. The fourth-order valence-electron chi connectivity index (χ4n) is 4.72. The summed E-state index contributed by atoms with van der Waals surface area (Å²) in [6.07, 6.45) is 5.89. The molecule has 0 N–H and O–H groups in total. The normalized spacial score (nSPS) is 18.2. The predicted octanol–water partition coefficient (Wildman–Crippen LogP) is 4.61. The van der Waals surface area contributed by atoms with Crippen molar-refractivity contribution in [3.63, 3.8) is 0 Å². The first kappa shape index (κ1) is 21.2. The maximum absolute atomic E-state index is 12.0. The van der Waals surface area contributed by atoms with E-state index >= 15 is 0 Å². The summed E-state index contributed by atoms with van der Waals surface area (Å²) in [7, 11) is 1.37. The topological polar surface area (TPSA) is 86.3 Å². The molecule has 0 unspecified atom stereocenters. The number of aromatic nitrogens is 4. The third kappa shape index (κ3) is 3.86. The molecule has 2 atom stereocenters. The number of anilines is 1. The van der Waals surface area contributed by atoms with Gasteiger partial charge in [-0.2, -0.15) is 0 Å². The van der Waals surface area contributed by atoms with Crippen molar-refractivity contribution >= 4 is 22.8 Å². The number of carbonyl (C=O) groups excluding carboxylic acids is 1. The zero-order chi connectivity index (χ0) is 23.1. The molecule has 1 aromatic carbocycles. The Labute approximate surface area is 192 Å². The highest BCUT2D eigenvalue weighted by Crippen LogP contribution is 2.31. The van der Waals surface area contributed by atoms with Gasteiger partial charge in [-0.3, -0.25) is 0 Å². The molecule has 1 aliphatic heterocycles. The van der Waals surface area contributed by atoms with Gasteiger partial charge in [0.15, 0.2) is 5.89 Å². The minimum atomic E-state index is -0.389. The second-order valence-corrected chi connectivity index (χ2v) is 8.66. The van der Waals surface area contributed by atoms with Crippen molar-refractivity contribution in [3.8, 4) is 11.4 Å². The molecule has 3 aromatic heterocycles. The Bertz CT molecular complexity index is 1300. The molecule has 5 rings (SSSR count). The van der Waals surface area contributed by atoms with Gasteiger partial charge in [-0.15, -0.1) is 0 Å². The highest BCUT2D eigenvalue weighted by Gasteiger charge is 2.28. The molecule has 0 bridgehead atoms. The quantitative estimate of drug-likeness (QED) is 0.415. The molecule has 0 radical (unpaired) electrons. The van der Waals surface area contributed by atoms with E-state index in [1.54, 1.807) is 18.4 Å². The smallest absolute Gasteiger partial charge is 0.337 e. The summed E-state index contributed by atoms with van der Waals surface area (Å²) in [5, 5.41) is 0. The summed E-state index contributed by atoms with van der Waals surface area (Å²) in [5.41, 5.74) is 3.76. The number of nitrogens with zero attached hydrogens (tertiary/aromatic N) is 5. The Kier molecular flexibility index (Phi) is 5.36. The van der Waals surface area contributed by atoms with E-state index in [4.69, 9.17) is 19.1 Å². The van der Waals surface area contributed by atoms with Gasteiger partial charge >= 0.3 is 5.97 Å². The van der Waals surface area contributed by atoms with Crippen LogP contribution in [0.1, 0.15) is 48.6 Å². The standard InChI is InChI=1S/C25H27N5O3/c1-15-5-6-16(2)30(15)23-10-8-19(12-26-23)24-28-21-11-18(25(31)32-4)7-9-22(21)29(24)13-20-14-33-17(3)27-20/h7-12,14-16H,5-6,13H2,1-4H3/t15-,16-/m0/s1. The van der Waals surface area contributed by atoms with E-state index < -0.39 is 0 Å². The van der Waals surface area contributed by atoms with Crippen LogP contribution in [-0.4, -0.2) is 44.7 Å². The molecule has 0 amide bonds. The maximum atomic E-state index is 12.0. The van der Waals surface area contributed by atoms with Crippen molar-refractivity contribution in [3.05, 3.63) is 59.9 Å². The van der Waals surface area contributed by atoms with Gasteiger partial charge in [0.2, 0.25) is 0 Å². The van der Waals surface area contributed by atoms with Crippen molar-refractivity contribution in [1.82, 2.24) is 19.5 Å². The molecule has 0 saturated carbocycles. The predicted molar refractivity (Wildman–Crippen MR) is 125 cm³/mol. The lowest BCUT2D eigenvalue weighted by Gasteiger charge is -2.27. The third-order valence-electron chi connectivity index (χ3n) is 6.38. The van der Waals surface area contributed by atoms with Gasteiger partial charge in [0.25, 0.3) is 0 Å². The lowest BCUT2D eigenvalue weighted by atomic mass is 10.2. The zero-order valence-corrected chi connectivity index (χ0v) is 19.3. The first-order valence-electron chi connectivity index (χ1n) is 11.2. The van der Waals surface area contributed by atoms with E-state index in [2.05, 4.69) is 40.4 Å². The molecule has 1 fully saturated rings. The number of esters is 1. The van der Waals surface area contributed by atoms with Crippen molar-refractivity contribution in [2.75, 3.05) is 12.0 Å². The van der Waals surface area contributed by atoms with Gasteiger partial charge in [-0.25, -0.2) is 19.7 Å². The summed E-state index contributed by atoms with van der Waals surface area (Å²) in [6, 6.07) is 10.5. The van der Waals surface area contributed by atoms with Crippen LogP contribution in [-0.2, 0) is 11.3 Å². The van der Waals surface area contributed by atoms with Crippen LogP contribution in [0.25, 0.3) is 22.4 Å². The van der Waals surface area contributed by atoms with Crippen LogP contribution in [0.5, 0.6) is 0 Å². The van der Waals surface area contributed by atoms with Crippen LogP contribution in [0.3, 0.4) is 0 Å². The number of fused-ring (bicyclic) bond motifs is 1. The SMILES string of the molecule is COC(=O)c1ccc2c(c1)nc(-c1ccc(N3[C@@H](C)CC[C@@H]3C)nc1)n2Cc1coc(C)n1. The Morgan fingerprint density at radius 3 is 2.58 bits per heavy atom. The summed E-state index contributed by atoms with van der Waals surface area (Å²) < 4.78 is 12.4. The molecule has 8 heteroatoms. The summed E-state index contributed by atoms with van der Waals surface area (Å²) in [5.74, 6) is 1.97. The first-order valence-corrected chi connectivity index (χ1v) is 11.2. The molecule has 1 saturated heterocycles. The minimum Gasteiger partial charge on any atom is -0.465 e. The van der Waals surface area contributed by atoms with Gasteiger partial charge in [0.05, 0.1) is 35.9 Å². The summed E-state index contributed by atoms with van der Waals surface area (Å²) >= 11 is 0. The molecule has 1 aliphatic rings. The first-order chi connectivity index (χ1) is 15.9. The molecule has 33 heavy (non-hydrogen) atoms. The van der Waals surface area contributed by atoms with Crippen LogP contribution >= 0.6 is 0 Å². The molecule has 4 heterocycles. The van der Waals surface area contributed by atoms with Crippen LogP contribution in [0.4, 0.5) is 5.82 Å². The number of hydrogen-bond donors (Lipinski definition) is 0. The molecule has 4 aromatic rings. The van der Waals surface area contributed by atoms with Gasteiger partial charge < -0.3 is 18.6 Å². The number of pyridine rings is 1. The number of hydrogen-bond acceptors (Lipinski definition) is 7. The number of carbonyl (C=O) groups is 1. The molecular formula is C25H27N5O3. The number of benzene rings is 1. The Morgan fingerprint density at radius 1 is 1.15 bits per heavy atom. The largest absolute Gasteiger partial charge is 0.465 e. The molecule has 0 aliphatic carbocycles. The lowest BCUT2D eigenvalue weighted by Crippen LogP contribution is -2.33. The van der Waals surface area contributed by atoms with E-state index in [0.717, 1.165) is 28.4 Å². The number of imidazole rings is 1. The van der Waals surface area contributed by atoms with E-state index in [0.29, 0.717) is 35.6 Å². The summed E-state index contributed by atoms with van der Waals surface area (Å²) in [6.45, 7) is 6.80. The van der Waals surface area contributed by atoms with E-state index in [1.165, 1.54) is 20.0 Å².